The number of hydrogen-bond donors (Lipinski definition) is 1. The van der Waals surface area contributed by atoms with Gasteiger partial charge in [0.2, 0.25) is 5.91 Å². The minimum Gasteiger partial charge on any atom is -0.329 e. The highest BCUT2D eigenvalue weighted by Gasteiger charge is 2.40. The number of carbonyl (C=O) groups excluding carboxylic acids is 2. The molecule has 4 heteroatoms. The molecule has 0 saturated carbocycles. The average Bonchev–Trinajstić information content (AvgIpc) is 2.44. The molecule has 0 aromatic heterocycles. The van der Waals surface area contributed by atoms with E-state index in [9.17, 15) is 9.59 Å². The minimum atomic E-state index is -0.0942. The molecule has 22 heavy (non-hydrogen) atoms. The first-order valence-electron chi connectivity index (χ1n) is 7.60. The van der Waals surface area contributed by atoms with E-state index in [-0.39, 0.29) is 23.0 Å². The maximum Gasteiger partial charge on any atom is 0.225 e. The smallest absolute Gasteiger partial charge is 0.225 e. The zero-order valence-electron chi connectivity index (χ0n) is 13.2. The molecule has 3 nitrogen and oxygen atoms in total. The van der Waals surface area contributed by atoms with E-state index in [0.717, 1.165) is 23.3 Å². The molecule has 2 aliphatic rings. The molecule has 1 heterocycles. The molecular weight excluding hydrogens is 294 g/mol. The Kier molecular flexibility index (Phi) is 3.89. The minimum absolute atomic E-state index is 0.0168. The van der Waals surface area contributed by atoms with Gasteiger partial charge in [0.05, 0.1) is 0 Å². The first kappa shape index (κ1) is 15.3. The van der Waals surface area contributed by atoms with Crippen LogP contribution in [0.2, 0.25) is 0 Å². The first-order valence-corrected chi connectivity index (χ1v) is 8.82. The molecular formula is C18H21NO2S. The van der Waals surface area contributed by atoms with Gasteiger partial charge < -0.3 is 5.32 Å². The summed E-state index contributed by atoms with van der Waals surface area (Å²) in [7, 11) is 0. The van der Waals surface area contributed by atoms with Crippen LogP contribution in [-0.2, 0) is 9.59 Å². The largest absolute Gasteiger partial charge is 0.329 e. The summed E-state index contributed by atoms with van der Waals surface area (Å²) in [5.74, 6) is 0.108. The Hall–Kier alpha value is -1.55. The molecule has 1 aromatic carbocycles. The van der Waals surface area contributed by atoms with E-state index in [1.807, 2.05) is 18.4 Å². The topological polar surface area (TPSA) is 46.2 Å². The first-order chi connectivity index (χ1) is 10.4. The summed E-state index contributed by atoms with van der Waals surface area (Å²) in [5, 5.41) is 2.94. The molecule has 0 unspecified atom stereocenters. The summed E-state index contributed by atoms with van der Waals surface area (Å²) in [6.07, 6.45) is 3.72. The fraction of sp³-hybridized carbons (Fsp3) is 0.444. The van der Waals surface area contributed by atoms with Crippen molar-refractivity contribution in [1.29, 1.82) is 0 Å². The molecule has 1 aromatic rings. The van der Waals surface area contributed by atoms with Gasteiger partial charge in [0.25, 0.3) is 0 Å². The van der Waals surface area contributed by atoms with Gasteiger partial charge in [0, 0.05) is 34.9 Å². The summed E-state index contributed by atoms with van der Waals surface area (Å²) < 4.78 is 0. The molecule has 0 bridgehead atoms. The van der Waals surface area contributed by atoms with Gasteiger partial charge in [-0.25, -0.2) is 0 Å². The molecule has 0 fully saturated rings. The van der Waals surface area contributed by atoms with E-state index >= 15 is 0 Å². The Labute approximate surface area is 135 Å². The molecule has 116 valence electrons. The fourth-order valence-electron chi connectivity index (χ4n) is 3.48. The Morgan fingerprint density at radius 2 is 1.82 bits per heavy atom. The second kappa shape index (κ2) is 5.58. The van der Waals surface area contributed by atoms with Crippen LogP contribution in [0, 0.1) is 5.41 Å². The summed E-state index contributed by atoms with van der Waals surface area (Å²) in [4.78, 5) is 25.9. The number of thioether (sulfide) groups is 1. The van der Waals surface area contributed by atoms with Gasteiger partial charge >= 0.3 is 0 Å². The molecule has 0 spiro atoms. The maximum absolute atomic E-state index is 12.6. The van der Waals surface area contributed by atoms with Gasteiger partial charge in [-0.1, -0.05) is 26.0 Å². The van der Waals surface area contributed by atoms with Crippen molar-refractivity contribution in [2.45, 2.75) is 43.9 Å². The third kappa shape index (κ3) is 2.84. The lowest BCUT2D eigenvalue weighted by molar-refractivity contribution is -0.122. The van der Waals surface area contributed by atoms with Crippen molar-refractivity contribution >= 4 is 23.5 Å². The third-order valence-electron chi connectivity index (χ3n) is 4.47. The van der Waals surface area contributed by atoms with E-state index in [4.69, 9.17) is 0 Å². The number of Topliss-reactive ketones (excluding diaryl/α,β-unsaturated/α-hetero) is 1. The zero-order valence-corrected chi connectivity index (χ0v) is 14.0. The number of ketones is 1. The van der Waals surface area contributed by atoms with Gasteiger partial charge in [0.1, 0.15) is 0 Å². The Balaban J connectivity index is 2.02. The fourth-order valence-corrected chi connectivity index (χ4v) is 3.89. The van der Waals surface area contributed by atoms with Crippen LogP contribution in [0.25, 0.3) is 0 Å². The monoisotopic (exact) mass is 315 g/mol. The van der Waals surface area contributed by atoms with Crippen LogP contribution in [0.5, 0.6) is 0 Å². The standard InChI is InChI=1S/C18H21NO2S/c1-18(2)9-14-17(15(20)10-18)13(8-16(21)19-14)11-4-6-12(22-3)7-5-11/h4-7,13H,8-10H2,1-3H3,(H,19,21)/t13-/m1/s1. The van der Waals surface area contributed by atoms with E-state index in [1.54, 1.807) is 11.8 Å². The highest BCUT2D eigenvalue weighted by molar-refractivity contribution is 7.98. The van der Waals surface area contributed by atoms with Crippen LogP contribution < -0.4 is 5.32 Å². The summed E-state index contributed by atoms with van der Waals surface area (Å²) in [5.41, 5.74) is 2.66. The van der Waals surface area contributed by atoms with Crippen molar-refractivity contribution in [1.82, 2.24) is 5.32 Å². The lowest BCUT2D eigenvalue weighted by Crippen LogP contribution is -2.40. The number of hydrogen-bond acceptors (Lipinski definition) is 3. The normalized spacial score (nSPS) is 24.0. The van der Waals surface area contributed by atoms with Crippen molar-refractivity contribution in [3.8, 4) is 0 Å². The molecule has 1 atom stereocenters. The van der Waals surface area contributed by atoms with E-state index < -0.39 is 0 Å². The van der Waals surface area contributed by atoms with Crippen LogP contribution in [-0.4, -0.2) is 17.9 Å². The molecule has 1 aliphatic heterocycles. The van der Waals surface area contributed by atoms with E-state index in [0.29, 0.717) is 12.8 Å². The second-order valence-electron chi connectivity index (χ2n) is 6.91. The highest BCUT2D eigenvalue weighted by atomic mass is 32.2. The second-order valence-corrected chi connectivity index (χ2v) is 7.79. The zero-order chi connectivity index (χ0) is 15.9. The number of rotatable bonds is 2. The van der Waals surface area contributed by atoms with Gasteiger partial charge in [-0.15, -0.1) is 11.8 Å². The molecule has 1 N–H and O–H groups in total. The van der Waals surface area contributed by atoms with Crippen molar-refractivity contribution < 1.29 is 9.59 Å². The van der Waals surface area contributed by atoms with Gasteiger partial charge in [0.15, 0.2) is 5.78 Å². The van der Waals surface area contributed by atoms with Crippen LogP contribution in [0.15, 0.2) is 40.4 Å². The lowest BCUT2D eigenvalue weighted by atomic mass is 9.70. The van der Waals surface area contributed by atoms with Crippen molar-refractivity contribution in [3.05, 3.63) is 41.1 Å². The molecule has 3 rings (SSSR count). The number of amides is 1. The number of benzene rings is 1. The highest BCUT2D eigenvalue weighted by Crippen LogP contribution is 2.43. The Morgan fingerprint density at radius 1 is 1.14 bits per heavy atom. The Morgan fingerprint density at radius 3 is 2.45 bits per heavy atom. The summed E-state index contributed by atoms with van der Waals surface area (Å²) >= 11 is 1.69. The van der Waals surface area contributed by atoms with Gasteiger partial charge in [-0.3, -0.25) is 9.59 Å². The third-order valence-corrected chi connectivity index (χ3v) is 5.21. The van der Waals surface area contributed by atoms with Crippen molar-refractivity contribution in [2.24, 2.45) is 5.41 Å². The van der Waals surface area contributed by atoms with E-state index in [1.165, 1.54) is 4.90 Å². The molecule has 0 saturated heterocycles. The van der Waals surface area contributed by atoms with Crippen LogP contribution in [0.3, 0.4) is 0 Å². The van der Waals surface area contributed by atoms with Gasteiger partial charge in [-0.05, 0) is 35.8 Å². The Bertz CT molecular complexity index is 658. The summed E-state index contributed by atoms with van der Waals surface area (Å²) in [6.45, 7) is 4.16. The molecule has 0 radical (unpaired) electrons. The maximum atomic E-state index is 12.6. The summed E-state index contributed by atoms with van der Waals surface area (Å²) in [6, 6.07) is 8.22. The number of allylic oxidation sites excluding steroid dienone is 2. The van der Waals surface area contributed by atoms with Gasteiger partial charge in [-0.2, -0.15) is 0 Å². The van der Waals surface area contributed by atoms with Crippen LogP contribution in [0.1, 0.15) is 44.6 Å². The van der Waals surface area contributed by atoms with Crippen molar-refractivity contribution in [2.75, 3.05) is 6.26 Å². The lowest BCUT2D eigenvalue weighted by Gasteiger charge is -2.37. The predicted octanol–water partition coefficient (Wildman–Crippen LogP) is 3.66. The predicted molar refractivity (Wildman–Crippen MR) is 88.8 cm³/mol. The molecule has 1 aliphatic carbocycles. The quantitative estimate of drug-likeness (QED) is 0.847. The van der Waals surface area contributed by atoms with E-state index in [2.05, 4.69) is 31.3 Å². The molecule has 1 amide bonds. The number of carbonyl (C=O) groups is 2. The van der Waals surface area contributed by atoms with Crippen LogP contribution in [0.4, 0.5) is 0 Å². The SMILES string of the molecule is CSc1ccc([C@H]2CC(=O)NC3=C2C(=O)CC(C)(C)C3)cc1. The average molecular weight is 315 g/mol. The van der Waals surface area contributed by atoms with Crippen molar-refractivity contribution in [3.63, 3.8) is 0 Å². The van der Waals surface area contributed by atoms with Crippen LogP contribution >= 0.6 is 11.8 Å². The number of nitrogens with one attached hydrogen (secondary N) is 1.